The molecule has 0 radical (unpaired) electrons. The molecule has 3 atom stereocenters. The second kappa shape index (κ2) is 7.90. The highest BCUT2D eigenvalue weighted by molar-refractivity contribution is 5.92. The lowest BCUT2D eigenvalue weighted by Gasteiger charge is -2.34. The van der Waals surface area contributed by atoms with Crippen LogP contribution >= 0.6 is 0 Å². The fraction of sp³-hybridized carbons (Fsp3) is 0.500. The molecule has 124 valence electrons. The molecule has 1 aromatic rings. The molecule has 23 heavy (non-hydrogen) atoms. The molecule has 1 aliphatic rings. The zero-order valence-corrected chi connectivity index (χ0v) is 13.6. The van der Waals surface area contributed by atoms with E-state index in [2.05, 4.69) is 19.2 Å². The Labute approximate surface area is 136 Å². The van der Waals surface area contributed by atoms with Crippen molar-refractivity contribution in [3.63, 3.8) is 0 Å². The van der Waals surface area contributed by atoms with Crippen LogP contribution in [0.3, 0.4) is 0 Å². The van der Waals surface area contributed by atoms with Gasteiger partial charge in [-0.2, -0.15) is 0 Å². The van der Waals surface area contributed by atoms with Gasteiger partial charge in [-0.15, -0.1) is 0 Å². The van der Waals surface area contributed by atoms with Gasteiger partial charge in [0.1, 0.15) is 6.29 Å². The molecule has 1 aliphatic carbocycles. The molecule has 0 saturated heterocycles. The Hall–Kier alpha value is -2.17. The number of carbonyl (C=O) groups is 3. The van der Waals surface area contributed by atoms with Gasteiger partial charge in [-0.25, -0.2) is 4.79 Å². The van der Waals surface area contributed by atoms with Crippen LogP contribution < -0.4 is 5.32 Å². The fourth-order valence-corrected chi connectivity index (χ4v) is 2.95. The largest absolute Gasteiger partial charge is 0.452 e. The molecule has 1 fully saturated rings. The first kappa shape index (κ1) is 17.2. The van der Waals surface area contributed by atoms with E-state index in [1.165, 1.54) is 30.7 Å². The van der Waals surface area contributed by atoms with E-state index >= 15 is 0 Å². The summed E-state index contributed by atoms with van der Waals surface area (Å²) in [4.78, 5) is 34.4. The number of ether oxygens (including phenoxy) is 1. The lowest BCUT2D eigenvalue weighted by atomic mass is 9.78. The summed E-state index contributed by atoms with van der Waals surface area (Å²) in [6.07, 6.45) is 3.98. The first-order valence-corrected chi connectivity index (χ1v) is 8.03. The molecule has 2 rings (SSSR count). The predicted octanol–water partition coefficient (Wildman–Crippen LogP) is 2.60. The van der Waals surface area contributed by atoms with Crippen molar-refractivity contribution in [1.82, 2.24) is 5.32 Å². The highest BCUT2D eigenvalue weighted by Gasteiger charge is 2.28. The number of nitrogens with one attached hydrogen (secondary N) is 1. The molecule has 1 aromatic carbocycles. The molecule has 0 heterocycles. The smallest absolute Gasteiger partial charge is 0.338 e. The summed E-state index contributed by atoms with van der Waals surface area (Å²) in [5, 5.41) is 2.96. The number of hydrogen-bond acceptors (Lipinski definition) is 4. The molecular weight excluding hydrogens is 294 g/mol. The highest BCUT2D eigenvalue weighted by Crippen LogP contribution is 2.29. The van der Waals surface area contributed by atoms with E-state index in [1.807, 2.05) is 0 Å². The van der Waals surface area contributed by atoms with Gasteiger partial charge in [0.2, 0.25) is 0 Å². The minimum Gasteiger partial charge on any atom is -0.452 e. The van der Waals surface area contributed by atoms with Gasteiger partial charge in [-0.1, -0.05) is 38.8 Å². The second-order valence-electron chi connectivity index (χ2n) is 6.26. The molecule has 1 amide bonds. The summed E-state index contributed by atoms with van der Waals surface area (Å²) in [5.74, 6) is 0.184. The summed E-state index contributed by atoms with van der Waals surface area (Å²) in [5.41, 5.74) is 0.808. The SMILES string of the molecule is CC1CCCC(NC(=O)COC(=O)c2ccc(C=O)cc2)C1C. The number of benzene rings is 1. The number of aldehydes is 1. The molecule has 1 saturated carbocycles. The van der Waals surface area contributed by atoms with E-state index in [0.717, 1.165) is 12.8 Å². The lowest BCUT2D eigenvalue weighted by Crippen LogP contribution is -2.45. The number of rotatable bonds is 5. The quantitative estimate of drug-likeness (QED) is 0.669. The molecule has 0 aromatic heterocycles. The summed E-state index contributed by atoms with van der Waals surface area (Å²) < 4.78 is 5.03. The van der Waals surface area contributed by atoms with Crippen molar-refractivity contribution in [2.75, 3.05) is 6.61 Å². The lowest BCUT2D eigenvalue weighted by molar-refractivity contribution is -0.125. The van der Waals surface area contributed by atoms with Gasteiger partial charge < -0.3 is 10.1 Å². The zero-order chi connectivity index (χ0) is 16.8. The average Bonchev–Trinajstić information content (AvgIpc) is 2.57. The van der Waals surface area contributed by atoms with E-state index < -0.39 is 5.97 Å². The first-order valence-electron chi connectivity index (χ1n) is 8.03. The van der Waals surface area contributed by atoms with Gasteiger partial charge >= 0.3 is 5.97 Å². The maximum Gasteiger partial charge on any atom is 0.338 e. The van der Waals surface area contributed by atoms with E-state index in [-0.39, 0.29) is 18.6 Å². The first-order chi connectivity index (χ1) is 11.0. The van der Waals surface area contributed by atoms with Crippen molar-refractivity contribution in [2.24, 2.45) is 11.8 Å². The summed E-state index contributed by atoms with van der Waals surface area (Å²) in [6, 6.07) is 6.24. The van der Waals surface area contributed by atoms with Crippen molar-refractivity contribution in [2.45, 2.75) is 39.2 Å². The van der Waals surface area contributed by atoms with Crippen LogP contribution in [0.1, 0.15) is 53.8 Å². The van der Waals surface area contributed by atoms with Crippen molar-refractivity contribution in [3.05, 3.63) is 35.4 Å². The zero-order valence-electron chi connectivity index (χ0n) is 13.6. The van der Waals surface area contributed by atoms with E-state index in [9.17, 15) is 14.4 Å². The van der Waals surface area contributed by atoms with Crippen LogP contribution in [0.25, 0.3) is 0 Å². The third kappa shape index (κ3) is 4.65. The number of carbonyl (C=O) groups excluding carboxylic acids is 3. The van der Waals surface area contributed by atoms with Gasteiger partial charge in [0.15, 0.2) is 6.61 Å². The van der Waals surface area contributed by atoms with Gasteiger partial charge in [0.05, 0.1) is 5.56 Å². The maximum atomic E-state index is 12.0. The minimum absolute atomic E-state index is 0.150. The monoisotopic (exact) mass is 317 g/mol. The van der Waals surface area contributed by atoms with Crippen LogP contribution in [0.5, 0.6) is 0 Å². The van der Waals surface area contributed by atoms with Gasteiger partial charge in [-0.05, 0) is 30.4 Å². The Bertz CT molecular complexity index is 567. The maximum absolute atomic E-state index is 12.0. The molecule has 0 aliphatic heterocycles. The van der Waals surface area contributed by atoms with Crippen LogP contribution in [0, 0.1) is 11.8 Å². The third-order valence-corrected chi connectivity index (χ3v) is 4.67. The molecule has 3 unspecified atom stereocenters. The molecule has 1 N–H and O–H groups in total. The Morgan fingerprint density at radius 1 is 1.22 bits per heavy atom. The van der Waals surface area contributed by atoms with Crippen LogP contribution in [0.15, 0.2) is 24.3 Å². The summed E-state index contributed by atoms with van der Waals surface area (Å²) in [6.45, 7) is 4.06. The number of hydrogen-bond donors (Lipinski definition) is 1. The normalized spacial score (nSPS) is 23.8. The van der Waals surface area contributed by atoms with Crippen LogP contribution in [-0.4, -0.2) is 30.8 Å². The molecular formula is C18H23NO4. The number of amides is 1. The van der Waals surface area contributed by atoms with Crippen molar-refractivity contribution < 1.29 is 19.1 Å². The van der Waals surface area contributed by atoms with E-state index in [4.69, 9.17) is 4.74 Å². The molecule has 5 heteroatoms. The standard InChI is InChI=1S/C18H23NO4/c1-12-4-3-5-16(13(12)2)19-17(21)11-23-18(22)15-8-6-14(10-20)7-9-15/h6-10,12-13,16H,3-5,11H2,1-2H3,(H,19,21). The number of esters is 1. The molecule has 0 spiro atoms. The Balaban J connectivity index is 1.81. The van der Waals surface area contributed by atoms with Gasteiger partial charge in [-0.3, -0.25) is 9.59 Å². The third-order valence-electron chi connectivity index (χ3n) is 4.67. The topological polar surface area (TPSA) is 72.5 Å². The predicted molar refractivity (Wildman–Crippen MR) is 86.2 cm³/mol. The van der Waals surface area contributed by atoms with Crippen LogP contribution in [0.4, 0.5) is 0 Å². The summed E-state index contributed by atoms with van der Waals surface area (Å²) >= 11 is 0. The van der Waals surface area contributed by atoms with E-state index in [0.29, 0.717) is 29.2 Å². The van der Waals surface area contributed by atoms with Gasteiger partial charge in [0, 0.05) is 11.6 Å². The fourth-order valence-electron chi connectivity index (χ4n) is 2.95. The summed E-state index contributed by atoms with van der Waals surface area (Å²) in [7, 11) is 0. The van der Waals surface area contributed by atoms with Crippen LogP contribution in [0.2, 0.25) is 0 Å². The van der Waals surface area contributed by atoms with Crippen LogP contribution in [-0.2, 0) is 9.53 Å². The second-order valence-corrected chi connectivity index (χ2v) is 6.26. The van der Waals surface area contributed by atoms with Crippen molar-refractivity contribution >= 4 is 18.2 Å². The highest BCUT2D eigenvalue weighted by atomic mass is 16.5. The average molecular weight is 317 g/mol. The molecule has 0 bridgehead atoms. The Kier molecular flexibility index (Phi) is 5.90. The minimum atomic E-state index is -0.567. The van der Waals surface area contributed by atoms with E-state index in [1.54, 1.807) is 0 Å². The van der Waals surface area contributed by atoms with Crippen molar-refractivity contribution in [1.29, 1.82) is 0 Å². The Morgan fingerprint density at radius 2 is 1.91 bits per heavy atom. The molecule has 5 nitrogen and oxygen atoms in total. The van der Waals surface area contributed by atoms with Gasteiger partial charge in [0.25, 0.3) is 5.91 Å². The van der Waals surface area contributed by atoms with Crippen molar-refractivity contribution in [3.8, 4) is 0 Å². The Morgan fingerprint density at radius 3 is 2.57 bits per heavy atom.